The maximum atomic E-state index is 8.56. The quantitative estimate of drug-likeness (QED) is 0.569. The van der Waals surface area contributed by atoms with Crippen LogP contribution in [0.25, 0.3) is 0 Å². The molecule has 0 aromatic rings. The normalized spacial score (nSPS) is 4.00. The predicted molar refractivity (Wildman–Crippen MR) is 14.3 cm³/mol. The van der Waals surface area contributed by atoms with Gasteiger partial charge in [0.15, 0.2) is 0 Å². The molecule has 0 aliphatic heterocycles. The molecule has 0 heterocycles. The van der Waals surface area contributed by atoms with Crippen LogP contribution in [0.5, 0.6) is 0 Å². The number of hydrogen-bond donors (Lipinski definition) is 2. The SMILES string of the molecule is O.O=C(O)O.[La]. The summed E-state index contributed by atoms with van der Waals surface area (Å²) in [5.41, 5.74) is 0. The van der Waals surface area contributed by atoms with Crippen LogP contribution in [0.1, 0.15) is 0 Å². The minimum absolute atomic E-state index is 0. The monoisotopic (exact) mass is 219 g/mol. The smallest absolute Gasteiger partial charge is 0.450 e. The zero-order valence-corrected chi connectivity index (χ0v) is 6.51. The van der Waals surface area contributed by atoms with Crippen LogP contribution in [0.2, 0.25) is 0 Å². The van der Waals surface area contributed by atoms with E-state index in [-0.39, 0.29) is 41.1 Å². The molecule has 4 nitrogen and oxygen atoms in total. The fraction of sp³-hybridized carbons (Fsp3) is 0. The summed E-state index contributed by atoms with van der Waals surface area (Å²) in [6.45, 7) is 0. The van der Waals surface area contributed by atoms with Gasteiger partial charge in [0.2, 0.25) is 0 Å². The molecule has 0 fully saturated rings. The van der Waals surface area contributed by atoms with Crippen molar-refractivity contribution in [3.05, 3.63) is 0 Å². The first-order valence-corrected chi connectivity index (χ1v) is 0.651. The third-order valence-electron chi connectivity index (χ3n) is 0. The van der Waals surface area contributed by atoms with Gasteiger partial charge in [0.05, 0.1) is 0 Å². The molecule has 0 rings (SSSR count). The minimum atomic E-state index is -1.83. The fourth-order valence-corrected chi connectivity index (χ4v) is 0. The maximum Gasteiger partial charge on any atom is 0.503 e. The topological polar surface area (TPSA) is 89.0 Å². The first kappa shape index (κ1) is 16.1. The van der Waals surface area contributed by atoms with Crippen molar-refractivity contribution >= 4 is 6.16 Å². The molecular formula is CH4LaO4. The second-order valence-electron chi connectivity index (χ2n) is 0.283. The zero-order chi connectivity index (χ0) is 3.58. The average molecular weight is 219 g/mol. The Hall–Kier alpha value is 0.425. The van der Waals surface area contributed by atoms with Crippen molar-refractivity contribution in [1.29, 1.82) is 0 Å². The van der Waals surface area contributed by atoms with Crippen LogP contribution in [0.15, 0.2) is 0 Å². The summed E-state index contributed by atoms with van der Waals surface area (Å²) < 4.78 is 0. The summed E-state index contributed by atoms with van der Waals surface area (Å²) in [7, 11) is 0. The second-order valence-corrected chi connectivity index (χ2v) is 0.283. The van der Waals surface area contributed by atoms with Gasteiger partial charge in [-0.2, -0.15) is 0 Å². The zero-order valence-electron chi connectivity index (χ0n) is 2.88. The molecule has 6 heavy (non-hydrogen) atoms. The Morgan fingerprint density at radius 1 is 1.33 bits per heavy atom. The van der Waals surface area contributed by atoms with Crippen LogP contribution >= 0.6 is 0 Å². The third kappa shape index (κ3) is 288. The summed E-state index contributed by atoms with van der Waals surface area (Å²) in [4.78, 5) is 8.56. The summed E-state index contributed by atoms with van der Waals surface area (Å²) >= 11 is 0. The summed E-state index contributed by atoms with van der Waals surface area (Å²) in [6.07, 6.45) is -1.83. The molecule has 0 bridgehead atoms. The van der Waals surface area contributed by atoms with E-state index >= 15 is 0 Å². The van der Waals surface area contributed by atoms with Crippen molar-refractivity contribution in [3.8, 4) is 0 Å². The van der Waals surface area contributed by atoms with Crippen LogP contribution in [-0.4, -0.2) is 21.8 Å². The molecule has 0 aliphatic rings. The van der Waals surface area contributed by atoms with Crippen molar-refractivity contribution in [3.63, 3.8) is 0 Å². The van der Waals surface area contributed by atoms with Crippen molar-refractivity contribution in [1.82, 2.24) is 0 Å². The maximum absolute atomic E-state index is 8.56. The van der Waals surface area contributed by atoms with Gasteiger partial charge in [-0.3, -0.25) is 0 Å². The molecule has 0 spiro atoms. The Balaban J connectivity index is -0.0000000450. The molecule has 4 N–H and O–H groups in total. The van der Waals surface area contributed by atoms with Crippen molar-refractivity contribution in [2.24, 2.45) is 0 Å². The van der Waals surface area contributed by atoms with E-state index in [1.807, 2.05) is 0 Å². The van der Waals surface area contributed by atoms with Crippen LogP contribution < -0.4 is 0 Å². The molecule has 0 aromatic heterocycles. The van der Waals surface area contributed by atoms with Gasteiger partial charge in [0.1, 0.15) is 0 Å². The second kappa shape index (κ2) is 9.06. The van der Waals surface area contributed by atoms with E-state index in [4.69, 9.17) is 15.0 Å². The Kier molecular flexibility index (Phi) is 24.3. The molecule has 0 saturated carbocycles. The standard InChI is InChI=1S/CH2O3.La.H2O/c2-1(3)4;;/h(H2,2,3,4);;1H2. The van der Waals surface area contributed by atoms with Gasteiger partial charge >= 0.3 is 6.16 Å². The van der Waals surface area contributed by atoms with Crippen LogP contribution in [0.3, 0.4) is 0 Å². The largest absolute Gasteiger partial charge is 0.503 e. The number of carbonyl (C=O) groups is 1. The predicted octanol–water partition coefficient (Wildman–Crippen LogP) is -0.602. The third-order valence-corrected chi connectivity index (χ3v) is 0. The first-order chi connectivity index (χ1) is 1.73. The Morgan fingerprint density at radius 2 is 1.33 bits per heavy atom. The van der Waals surface area contributed by atoms with Gasteiger partial charge in [0.25, 0.3) is 0 Å². The minimum Gasteiger partial charge on any atom is -0.450 e. The van der Waals surface area contributed by atoms with E-state index in [1.165, 1.54) is 0 Å². The van der Waals surface area contributed by atoms with Gasteiger partial charge in [-0.05, 0) is 0 Å². The molecule has 0 amide bonds. The number of carboxylic acid groups (broad SMARTS) is 2. The fourth-order valence-electron chi connectivity index (χ4n) is 0. The molecular weight excluding hydrogens is 215 g/mol. The van der Waals surface area contributed by atoms with Gasteiger partial charge in [-0.25, -0.2) is 4.79 Å². The van der Waals surface area contributed by atoms with E-state index in [0.29, 0.717) is 0 Å². The van der Waals surface area contributed by atoms with Crippen molar-refractivity contribution in [2.75, 3.05) is 0 Å². The molecule has 0 saturated heterocycles. The Morgan fingerprint density at radius 3 is 1.33 bits per heavy atom. The molecule has 0 aromatic carbocycles. The van der Waals surface area contributed by atoms with Crippen molar-refractivity contribution in [2.45, 2.75) is 0 Å². The molecule has 0 unspecified atom stereocenters. The van der Waals surface area contributed by atoms with Crippen LogP contribution in [0.4, 0.5) is 4.79 Å². The Bertz CT molecular complexity index is 30.5. The summed E-state index contributed by atoms with van der Waals surface area (Å²) in [6, 6.07) is 0. The Labute approximate surface area is 62.1 Å². The van der Waals surface area contributed by atoms with Crippen molar-refractivity contribution < 1.29 is 56.1 Å². The first-order valence-electron chi connectivity index (χ1n) is 0.651. The van der Waals surface area contributed by atoms with Crippen LogP contribution in [0, 0.1) is 35.6 Å². The molecule has 0 atom stereocenters. The van der Waals surface area contributed by atoms with E-state index in [1.54, 1.807) is 0 Å². The van der Waals surface area contributed by atoms with E-state index < -0.39 is 6.16 Å². The number of hydrogen-bond acceptors (Lipinski definition) is 1. The average Bonchev–Trinajstić information content (AvgIpc) is 0.811. The van der Waals surface area contributed by atoms with Gasteiger partial charge in [-0.1, -0.05) is 0 Å². The van der Waals surface area contributed by atoms with Gasteiger partial charge in [0, 0.05) is 35.6 Å². The molecule has 35 valence electrons. The van der Waals surface area contributed by atoms with Crippen LogP contribution in [-0.2, 0) is 0 Å². The van der Waals surface area contributed by atoms with E-state index in [2.05, 4.69) is 0 Å². The molecule has 0 aliphatic carbocycles. The van der Waals surface area contributed by atoms with E-state index in [9.17, 15) is 0 Å². The van der Waals surface area contributed by atoms with Gasteiger partial charge < -0.3 is 15.7 Å². The number of rotatable bonds is 0. The molecule has 5 heteroatoms. The molecule has 1 radical (unpaired) electrons. The summed E-state index contributed by atoms with van der Waals surface area (Å²) in [5.74, 6) is 0. The van der Waals surface area contributed by atoms with E-state index in [0.717, 1.165) is 0 Å². The summed E-state index contributed by atoms with van der Waals surface area (Å²) in [5, 5.41) is 13.9. The van der Waals surface area contributed by atoms with Gasteiger partial charge in [-0.15, -0.1) is 0 Å².